The van der Waals surface area contributed by atoms with Crippen molar-refractivity contribution in [2.24, 2.45) is 0 Å². The Balaban J connectivity index is 2.65. The maximum absolute atomic E-state index is 6.22. The van der Waals surface area contributed by atoms with Crippen molar-refractivity contribution in [3.05, 3.63) is 52.0 Å². The van der Waals surface area contributed by atoms with Gasteiger partial charge in [0.15, 0.2) is 0 Å². The molecule has 16 heavy (non-hydrogen) atoms. The molecule has 0 fully saturated rings. The molecule has 0 radical (unpaired) electrons. The van der Waals surface area contributed by atoms with Gasteiger partial charge < -0.3 is 0 Å². The van der Waals surface area contributed by atoms with Crippen molar-refractivity contribution in [1.82, 2.24) is 0 Å². The maximum Gasteiger partial charge on any atom is 0.0484 e. The Morgan fingerprint density at radius 3 is 2.38 bits per heavy atom. The fourth-order valence-corrected chi connectivity index (χ4v) is 3.36. The summed E-state index contributed by atoms with van der Waals surface area (Å²) in [7, 11) is 0. The van der Waals surface area contributed by atoms with Crippen molar-refractivity contribution >= 4 is 39.3 Å². The van der Waals surface area contributed by atoms with Crippen LogP contribution in [0.25, 0.3) is 11.1 Å². The molecule has 0 saturated heterocycles. The summed E-state index contributed by atoms with van der Waals surface area (Å²) in [4.78, 5) is 1.22. The molecule has 3 heteroatoms. The molecular formula is C13H10BrClS. The van der Waals surface area contributed by atoms with E-state index in [0.29, 0.717) is 0 Å². The fraction of sp³-hybridized carbons (Fsp3) is 0.0769. The average Bonchev–Trinajstić information content (AvgIpc) is 2.29. The van der Waals surface area contributed by atoms with Gasteiger partial charge in [-0.15, -0.1) is 11.8 Å². The molecule has 0 nitrogen and oxygen atoms in total. The highest BCUT2D eigenvalue weighted by Gasteiger charge is 2.09. The van der Waals surface area contributed by atoms with Crippen molar-refractivity contribution in [2.45, 2.75) is 4.90 Å². The van der Waals surface area contributed by atoms with Gasteiger partial charge in [-0.2, -0.15) is 0 Å². The van der Waals surface area contributed by atoms with Gasteiger partial charge in [-0.25, -0.2) is 0 Å². The number of hydrogen-bond donors (Lipinski definition) is 0. The van der Waals surface area contributed by atoms with Crippen molar-refractivity contribution in [2.75, 3.05) is 6.26 Å². The Hall–Kier alpha value is -0.440. The van der Waals surface area contributed by atoms with E-state index in [0.717, 1.165) is 15.1 Å². The van der Waals surface area contributed by atoms with Gasteiger partial charge in [0.1, 0.15) is 0 Å². The van der Waals surface area contributed by atoms with Crippen LogP contribution in [0.4, 0.5) is 0 Å². The third kappa shape index (κ3) is 2.29. The Labute approximate surface area is 113 Å². The van der Waals surface area contributed by atoms with Gasteiger partial charge in [-0.3, -0.25) is 0 Å². The summed E-state index contributed by atoms with van der Waals surface area (Å²) in [6.45, 7) is 0. The van der Waals surface area contributed by atoms with Crippen molar-refractivity contribution in [1.29, 1.82) is 0 Å². The van der Waals surface area contributed by atoms with Crippen molar-refractivity contribution < 1.29 is 0 Å². The molecule has 0 N–H and O–H groups in total. The summed E-state index contributed by atoms with van der Waals surface area (Å²) >= 11 is 11.5. The zero-order valence-corrected chi connectivity index (χ0v) is 11.9. The SMILES string of the molecule is CSc1c(Br)cccc1-c1ccccc1Cl. The minimum absolute atomic E-state index is 0.788. The first-order valence-corrected chi connectivity index (χ1v) is 7.21. The third-order valence-corrected chi connectivity index (χ3v) is 4.44. The van der Waals surface area contributed by atoms with E-state index in [9.17, 15) is 0 Å². The molecule has 0 saturated carbocycles. The molecule has 2 aromatic carbocycles. The average molecular weight is 314 g/mol. The molecule has 0 heterocycles. The van der Waals surface area contributed by atoms with E-state index in [-0.39, 0.29) is 0 Å². The van der Waals surface area contributed by atoms with Gasteiger partial charge in [0.25, 0.3) is 0 Å². The van der Waals surface area contributed by atoms with Crippen LogP contribution in [0, 0.1) is 0 Å². The maximum atomic E-state index is 6.22. The molecule has 0 aromatic heterocycles. The zero-order valence-electron chi connectivity index (χ0n) is 8.71. The number of hydrogen-bond acceptors (Lipinski definition) is 1. The zero-order chi connectivity index (χ0) is 11.5. The second-order valence-corrected chi connectivity index (χ2v) is 5.38. The van der Waals surface area contributed by atoms with Crippen LogP contribution in [0.3, 0.4) is 0 Å². The molecule has 2 rings (SSSR count). The standard InChI is InChI=1S/C13H10BrClS/c1-16-13-10(6-4-7-11(13)14)9-5-2-3-8-12(9)15/h2-8H,1H3. The van der Waals surface area contributed by atoms with Gasteiger partial charge in [0.2, 0.25) is 0 Å². The highest BCUT2D eigenvalue weighted by atomic mass is 79.9. The molecule has 0 amide bonds. The van der Waals surface area contributed by atoms with E-state index < -0.39 is 0 Å². The number of thioether (sulfide) groups is 1. The van der Waals surface area contributed by atoms with Crippen LogP contribution in [0.15, 0.2) is 51.8 Å². The van der Waals surface area contributed by atoms with Crippen LogP contribution in [-0.4, -0.2) is 6.26 Å². The number of benzene rings is 2. The fourth-order valence-electron chi connectivity index (χ4n) is 1.61. The monoisotopic (exact) mass is 312 g/mol. The van der Waals surface area contributed by atoms with Crippen molar-refractivity contribution in [3.8, 4) is 11.1 Å². The molecule has 0 aliphatic rings. The van der Waals surface area contributed by atoms with Crippen LogP contribution in [0.2, 0.25) is 5.02 Å². The summed E-state index contributed by atoms with van der Waals surface area (Å²) in [5.74, 6) is 0. The molecule has 0 unspecified atom stereocenters. The minimum atomic E-state index is 0.788. The lowest BCUT2D eigenvalue weighted by Gasteiger charge is -2.10. The van der Waals surface area contributed by atoms with E-state index in [1.807, 2.05) is 36.4 Å². The molecule has 0 spiro atoms. The molecule has 0 bridgehead atoms. The van der Waals surface area contributed by atoms with Gasteiger partial charge in [-0.1, -0.05) is 41.9 Å². The summed E-state index contributed by atoms with van der Waals surface area (Å²) in [5.41, 5.74) is 2.25. The van der Waals surface area contributed by atoms with Crippen LogP contribution >= 0.6 is 39.3 Å². The van der Waals surface area contributed by atoms with Crippen LogP contribution < -0.4 is 0 Å². The molecule has 0 atom stereocenters. The van der Waals surface area contributed by atoms with Gasteiger partial charge in [-0.05, 0) is 39.9 Å². The first-order chi connectivity index (χ1) is 7.74. The van der Waals surface area contributed by atoms with Crippen LogP contribution in [0.5, 0.6) is 0 Å². The quantitative estimate of drug-likeness (QED) is 0.660. The second-order valence-electron chi connectivity index (χ2n) is 3.30. The topological polar surface area (TPSA) is 0 Å². The van der Waals surface area contributed by atoms with Crippen LogP contribution in [-0.2, 0) is 0 Å². The van der Waals surface area contributed by atoms with E-state index in [1.165, 1.54) is 10.5 Å². The van der Waals surface area contributed by atoms with Crippen LogP contribution in [0.1, 0.15) is 0 Å². The predicted molar refractivity (Wildman–Crippen MR) is 76.4 cm³/mol. The molecule has 0 aliphatic heterocycles. The molecule has 82 valence electrons. The largest absolute Gasteiger partial charge is 0.128 e. The molecular weight excluding hydrogens is 304 g/mol. The lowest BCUT2D eigenvalue weighted by Crippen LogP contribution is -1.84. The Bertz CT molecular complexity index is 511. The highest BCUT2D eigenvalue weighted by Crippen LogP contribution is 2.38. The van der Waals surface area contributed by atoms with E-state index in [4.69, 9.17) is 11.6 Å². The smallest absolute Gasteiger partial charge is 0.0484 e. The third-order valence-electron chi connectivity index (χ3n) is 2.34. The van der Waals surface area contributed by atoms with E-state index in [1.54, 1.807) is 11.8 Å². The Morgan fingerprint density at radius 1 is 1.00 bits per heavy atom. The Morgan fingerprint density at radius 2 is 1.69 bits per heavy atom. The summed E-state index contributed by atoms with van der Waals surface area (Å²) in [5, 5.41) is 0.788. The number of halogens is 2. The number of rotatable bonds is 2. The van der Waals surface area contributed by atoms with E-state index >= 15 is 0 Å². The second kappa shape index (κ2) is 5.26. The predicted octanol–water partition coefficient (Wildman–Crippen LogP) is 5.49. The van der Waals surface area contributed by atoms with Crippen molar-refractivity contribution in [3.63, 3.8) is 0 Å². The lowest BCUT2D eigenvalue weighted by atomic mass is 10.1. The Kier molecular flexibility index (Phi) is 3.95. The first kappa shape index (κ1) is 12.0. The summed E-state index contributed by atoms with van der Waals surface area (Å²) < 4.78 is 1.11. The molecule has 0 aliphatic carbocycles. The minimum Gasteiger partial charge on any atom is -0.128 e. The van der Waals surface area contributed by atoms with Gasteiger partial charge in [0.05, 0.1) is 0 Å². The summed E-state index contributed by atoms with van der Waals surface area (Å²) in [6, 6.07) is 14.1. The molecule has 2 aromatic rings. The highest BCUT2D eigenvalue weighted by molar-refractivity contribution is 9.10. The first-order valence-electron chi connectivity index (χ1n) is 4.81. The summed E-state index contributed by atoms with van der Waals surface area (Å²) in [6.07, 6.45) is 2.07. The van der Waals surface area contributed by atoms with E-state index in [2.05, 4.69) is 28.3 Å². The normalized spacial score (nSPS) is 10.4. The van der Waals surface area contributed by atoms with Gasteiger partial charge in [0, 0.05) is 20.0 Å². The van der Waals surface area contributed by atoms with Gasteiger partial charge >= 0.3 is 0 Å². The lowest BCUT2D eigenvalue weighted by molar-refractivity contribution is 1.40.